The number of hydrazine groups is 2. The fourth-order valence-electron chi connectivity index (χ4n) is 0.933. The van der Waals surface area contributed by atoms with Crippen molar-refractivity contribution < 1.29 is 0 Å². The van der Waals surface area contributed by atoms with Gasteiger partial charge in [-0.05, 0) is 0 Å². The second kappa shape index (κ2) is 2.35. The van der Waals surface area contributed by atoms with Crippen LogP contribution >= 0.6 is 0 Å². The number of nitrogens with zero attached hydrogens (tertiary/aromatic N) is 2. The first-order chi connectivity index (χ1) is 5.40. The van der Waals surface area contributed by atoms with E-state index in [9.17, 15) is 0 Å². The van der Waals surface area contributed by atoms with Crippen molar-refractivity contribution >= 4 is 11.5 Å². The molecular formula is C6H9N5. The Kier molecular flexibility index (Phi) is 1.36. The summed E-state index contributed by atoms with van der Waals surface area (Å²) in [5.74, 6) is 1.67. The van der Waals surface area contributed by atoms with Gasteiger partial charge in [-0.25, -0.2) is 9.97 Å². The molecule has 0 saturated heterocycles. The summed E-state index contributed by atoms with van der Waals surface area (Å²) in [5, 5.41) is 0. The predicted octanol–water partition coefficient (Wildman–Crippen LogP) is 0.296. The van der Waals surface area contributed by atoms with Gasteiger partial charge in [-0.15, -0.1) is 5.53 Å². The zero-order valence-corrected chi connectivity index (χ0v) is 6.18. The number of aromatic nitrogens is 2. The molecule has 2 rings (SSSR count). The van der Waals surface area contributed by atoms with E-state index in [4.69, 9.17) is 0 Å². The Morgan fingerprint density at radius 3 is 3.18 bits per heavy atom. The third-order valence-corrected chi connectivity index (χ3v) is 1.53. The minimum absolute atomic E-state index is 0.817. The van der Waals surface area contributed by atoms with Crippen molar-refractivity contribution in [2.75, 3.05) is 10.9 Å². The predicted molar refractivity (Wildman–Crippen MR) is 41.8 cm³/mol. The van der Waals surface area contributed by atoms with Crippen molar-refractivity contribution in [1.29, 1.82) is 0 Å². The van der Waals surface area contributed by atoms with Crippen LogP contribution in [-0.2, 0) is 6.42 Å². The summed E-state index contributed by atoms with van der Waals surface area (Å²) in [4.78, 5) is 8.34. The lowest BCUT2D eigenvalue weighted by Gasteiger charge is -1.97. The second-order valence-electron chi connectivity index (χ2n) is 2.28. The fraction of sp³-hybridized carbons (Fsp3) is 0.333. The van der Waals surface area contributed by atoms with Crippen LogP contribution in [0.15, 0.2) is 6.20 Å². The maximum Gasteiger partial charge on any atom is 0.170 e. The van der Waals surface area contributed by atoms with Crippen molar-refractivity contribution in [3.05, 3.63) is 12.0 Å². The van der Waals surface area contributed by atoms with Gasteiger partial charge >= 0.3 is 0 Å². The lowest BCUT2D eigenvalue weighted by molar-refractivity contribution is 0.942. The first kappa shape index (κ1) is 6.36. The lowest BCUT2D eigenvalue weighted by atomic mass is 10.4. The van der Waals surface area contributed by atoms with E-state index < -0.39 is 0 Å². The molecule has 3 N–H and O–H groups in total. The van der Waals surface area contributed by atoms with Crippen molar-refractivity contribution in [3.8, 4) is 0 Å². The van der Waals surface area contributed by atoms with Crippen LogP contribution in [0, 0.1) is 0 Å². The molecule has 58 valence electrons. The number of anilines is 2. The molecule has 0 spiro atoms. The van der Waals surface area contributed by atoms with Gasteiger partial charge in [0.05, 0.1) is 6.20 Å². The van der Waals surface area contributed by atoms with Gasteiger partial charge in [0.2, 0.25) is 0 Å². The molecule has 0 saturated carbocycles. The molecule has 0 radical (unpaired) electrons. The normalized spacial score (nSPS) is 13.5. The van der Waals surface area contributed by atoms with Gasteiger partial charge in [-0.1, -0.05) is 6.92 Å². The average molecular weight is 151 g/mol. The van der Waals surface area contributed by atoms with Crippen LogP contribution < -0.4 is 16.4 Å². The lowest BCUT2D eigenvalue weighted by Crippen LogP contribution is -2.19. The molecule has 5 nitrogen and oxygen atoms in total. The van der Waals surface area contributed by atoms with E-state index in [1.54, 1.807) is 6.20 Å². The Balaban J connectivity index is 2.41. The van der Waals surface area contributed by atoms with Gasteiger partial charge in [0.15, 0.2) is 5.82 Å². The minimum Gasteiger partial charge on any atom is -0.299 e. The van der Waals surface area contributed by atoms with Gasteiger partial charge in [0.1, 0.15) is 11.5 Å². The number of rotatable bonds is 1. The summed E-state index contributed by atoms with van der Waals surface area (Å²) in [7, 11) is 0. The molecule has 2 heterocycles. The molecule has 0 amide bonds. The smallest absolute Gasteiger partial charge is 0.170 e. The Hall–Kier alpha value is -1.36. The van der Waals surface area contributed by atoms with Crippen molar-refractivity contribution in [3.63, 3.8) is 0 Å². The number of hydrogen-bond acceptors (Lipinski definition) is 5. The van der Waals surface area contributed by atoms with E-state index in [-0.39, 0.29) is 0 Å². The first-order valence-electron chi connectivity index (χ1n) is 3.53. The van der Waals surface area contributed by atoms with E-state index >= 15 is 0 Å². The molecule has 0 bridgehead atoms. The molecule has 1 aliphatic rings. The maximum absolute atomic E-state index is 4.22. The highest BCUT2D eigenvalue weighted by Gasteiger charge is 2.10. The highest BCUT2D eigenvalue weighted by atomic mass is 15.6. The molecule has 0 aliphatic carbocycles. The molecular weight excluding hydrogens is 142 g/mol. The van der Waals surface area contributed by atoms with E-state index in [0.29, 0.717) is 0 Å². The van der Waals surface area contributed by atoms with Gasteiger partial charge in [-0.3, -0.25) is 10.9 Å². The number of nitrogens with one attached hydrogen (secondary N) is 3. The van der Waals surface area contributed by atoms with E-state index in [1.807, 2.05) is 6.92 Å². The van der Waals surface area contributed by atoms with E-state index in [0.717, 1.165) is 23.8 Å². The average Bonchev–Trinajstić information content (AvgIpc) is 2.50. The quantitative estimate of drug-likeness (QED) is 0.538. The summed E-state index contributed by atoms with van der Waals surface area (Å²) in [6.07, 6.45) is 2.61. The molecule has 11 heavy (non-hydrogen) atoms. The Bertz CT molecular complexity index is 272. The van der Waals surface area contributed by atoms with Crippen LogP contribution in [0.25, 0.3) is 0 Å². The number of aryl methyl sites for hydroxylation is 1. The Labute approximate surface area is 64.2 Å². The number of fused-ring (bicyclic) bond motifs is 1. The molecule has 0 atom stereocenters. The highest BCUT2D eigenvalue weighted by molar-refractivity contribution is 5.65. The van der Waals surface area contributed by atoms with Gasteiger partial charge < -0.3 is 0 Å². The van der Waals surface area contributed by atoms with Crippen LogP contribution in [-0.4, -0.2) is 9.97 Å². The molecule has 1 aliphatic heterocycles. The SMILES string of the molecule is CCc1ncc2c(n1)NNN2. The van der Waals surface area contributed by atoms with Crippen molar-refractivity contribution in [2.24, 2.45) is 0 Å². The second-order valence-corrected chi connectivity index (χ2v) is 2.28. The molecule has 5 heteroatoms. The molecule has 1 aromatic rings. The number of hydrogen-bond donors (Lipinski definition) is 3. The topological polar surface area (TPSA) is 61.9 Å². The van der Waals surface area contributed by atoms with Gasteiger partial charge in [-0.2, -0.15) is 0 Å². The van der Waals surface area contributed by atoms with E-state index in [2.05, 4.69) is 26.4 Å². The van der Waals surface area contributed by atoms with Crippen LogP contribution in [0.4, 0.5) is 11.5 Å². The van der Waals surface area contributed by atoms with Crippen LogP contribution in [0.2, 0.25) is 0 Å². The van der Waals surface area contributed by atoms with Crippen LogP contribution in [0.3, 0.4) is 0 Å². The monoisotopic (exact) mass is 151 g/mol. The Morgan fingerprint density at radius 2 is 2.36 bits per heavy atom. The standard InChI is InChI=1S/C6H9N5/c1-2-5-7-3-4-6(8-5)10-11-9-4/h3,9,11H,2H2,1H3,(H,7,8,10). The van der Waals surface area contributed by atoms with Crippen LogP contribution in [0.5, 0.6) is 0 Å². The van der Waals surface area contributed by atoms with Gasteiger partial charge in [0, 0.05) is 6.42 Å². The maximum atomic E-state index is 4.22. The largest absolute Gasteiger partial charge is 0.299 e. The van der Waals surface area contributed by atoms with Gasteiger partial charge in [0.25, 0.3) is 0 Å². The van der Waals surface area contributed by atoms with Crippen molar-refractivity contribution in [1.82, 2.24) is 15.5 Å². The van der Waals surface area contributed by atoms with E-state index in [1.165, 1.54) is 0 Å². The van der Waals surface area contributed by atoms with Crippen molar-refractivity contribution in [2.45, 2.75) is 13.3 Å². The zero-order valence-electron chi connectivity index (χ0n) is 6.18. The highest BCUT2D eigenvalue weighted by Crippen LogP contribution is 2.19. The Morgan fingerprint density at radius 1 is 1.45 bits per heavy atom. The summed E-state index contributed by atoms with van der Waals surface area (Å²) in [5.41, 5.74) is 9.36. The summed E-state index contributed by atoms with van der Waals surface area (Å²) in [6.45, 7) is 2.03. The third kappa shape index (κ3) is 0.988. The van der Waals surface area contributed by atoms with Crippen LogP contribution in [0.1, 0.15) is 12.7 Å². The molecule has 0 aromatic carbocycles. The summed E-state index contributed by atoms with van der Waals surface area (Å²) in [6, 6.07) is 0. The molecule has 0 fully saturated rings. The molecule has 0 unspecified atom stereocenters. The fourth-order valence-corrected chi connectivity index (χ4v) is 0.933. The summed E-state index contributed by atoms with van der Waals surface area (Å²) >= 11 is 0. The zero-order chi connectivity index (χ0) is 7.68. The summed E-state index contributed by atoms with van der Waals surface area (Å²) < 4.78 is 0. The first-order valence-corrected chi connectivity index (χ1v) is 3.53. The minimum atomic E-state index is 0.817. The molecule has 1 aromatic heterocycles. The third-order valence-electron chi connectivity index (χ3n) is 1.53.